The standard InChI is InChI=1S/C21H30N4O8/c1-20(2,3)31-17(26)12-7-8-13-14(15(12)22)16(25-33-13)29-9-11(10-30-18(23)27)24-19(28)32-21(4,5)6/h7-8,11H,9-10,22H2,1-6H3,(H2,23,27)(H,24,28). The highest BCUT2D eigenvalue weighted by Gasteiger charge is 2.25. The fourth-order valence-electron chi connectivity index (χ4n) is 2.61. The molecule has 0 aliphatic rings. The number of anilines is 1. The van der Waals surface area contributed by atoms with Crippen LogP contribution in [0.25, 0.3) is 11.0 Å². The van der Waals surface area contributed by atoms with E-state index in [0.29, 0.717) is 0 Å². The van der Waals surface area contributed by atoms with Crippen LogP contribution in [0.1, 0.15) is 51.9 Å². The van der Waals surface area contributed by atoms with Crippen LogP contribution in [0.2, 0.25) is 0 Å². The van der Waals surface area contributed by atoms with Crippen molar-refractivity contribution in [1.29, 1.82) is 0 Å². The lowest BCUT2D eigenvalue weighted by molar-refractivity contribution is 0.00705. The number of amides is 2. The first-order valence-electron chi connectivity index (χ1n) is 10.1. The maximum Gasteiger partial charge on any atom is 0.408 e. The van der Waals surface area contributed by atoms with Crippen LogP contribution in [0.4, 0.5) is 15.3 Å². The Hall–Kier alpha value is -3.70. The minimum Gasteiger partial charge on any atom is -0.473 e. The summed E-state index contributed by atoms with van der Waals surface area (Å²) in [6.45, 7) is 9.81. The molecule has 0 spiro atoms. The van der Waals surface area contributed by atoms with E-state index in [2.05, 4.69) is 10.5 Å². The summed E-state index contributed by atoms with van der Waals surface area (Å²) in [6, 6.07) is 2.14. The Bertz CT molecular complexity index is 1020. The quantitative estimate of drug-likeness (QED) is 0.312. The third-order valence-electron chi connectivity index (χ3n) is 3.84. The Balaban J connectivity index is 2.22. The predicted molar refractivity (Wildman–Crippen MR) is 118 cm³/mol. The molecular weight excluding hydrogens is 436 g/mol. The minimum atomic E-state index is -1.02. The van der Waals surface area contributed by atoms with E-state index < -0.39 is 35.4 Å². The van der Waals surface area contributed by atoms with Crippen LogP contribution >= 0.6 is 0 Å². The molecule has 0 radical (unpaired) electrons. The van der Waals surface area contributed by atoms with Gasteiger partial charge in [-0.25, -0.2) is 14.4 Å². The van der Waals surface area contributed by atoms with Gasteiger partial charge in [-0.2, -0.15) is 0 Å². The molecule has 2 rings (SSSR count). The van der Waals surface area contributed by atoms with E-state index in [9.17, 15) is 14.4 Å². The van der Waals surface area contributed by atoms with Gasteiger partial charge in [-0.1, -0.05) is 0 Å². The van der Waals surface area contributed by atoms with E-state index >= 15 is 0 Å². The van der Waals surface area contributed by atoms with Crippen LogP contribution in [-0.2, 0) is 14.2 Å². The van der Waals surface area contributed by atoms with Crippen LogP contribution < -0.4 is 21.5 Å². The Labute approximate surface area is 190 Å². The van der Waals surface area contributed by atoms with E-state index in [1.165, 1.54) is 12.1 Å². The monoisotopic (exact) mass is 466 g/mol. The summed E-state index contributed by atoms with van der Waals surface area (Å²) in [4.78, 5) is 35.6. The highest BCUT2D eigenvalue weighted by atomic mass is 16.6. The second-order valence-corrected chi connectivity index (χ2v) is 9.17. The fraction of sp³-hybridized carbons (Fsp3) is 0.524. The molecule has 2 aromatic rings. The number of rotatable bonds is 7. The second kappa shape index (κ2) is 9.84. The Morgan fingerprint density at radius 2 is 1.70 bits per heavy atom. The number of primary amides is 1. The number of carbonyl (C=O) groups is 3. The molecule has 12 nitrogen and oxygen atoms in total. The first-order chi connectivity index (χ1) is 15.2. The first kappa shape index (κ1) is 25.6. The molecule has 1 aromatic heterocycles. The van der Waals surface area contributed by atoms with E-state index in [1.54, 1.807) is 41.5 Å². The van der Waals surface area contributed by atoms with Crippen LogP contribution in [0.5, 0.6) is 5.88 Å². The summed E-state index contributed by atoms with van der Waals surface area (Å²) in [5.41, 5.74) is 10.2. The van der Waals surface area contributed by atoms with Gasteiger partial charge in [0.15, 0.2) is 5.58 Å². The van der Waals surface area contributed by atoms with Gasteiger partial charge in [-0.05, 0) is 58.8 Å². The third-order valence-corrected chi connectivity index (χ3v) is 3.84. The van der Waals surface area contributed by atoms with Crippen LogP contribution in [0, 0.1) is 0 Å². The lowest BCUT2D eigenvalue weighted by atomic mass is 10.1. The SMILES string of the molecule is CC(C)(C)OC(=O)NC(COC(N)=O)COc1noc2ccc(C(=O)OC(C)(C)C)c(N)c12. The molecule has 0 aliphatic heterocycles. The molecule has 33 heavy (non-hydrogen) atoms. The molecule has 0 fully saturated rings. The van der Waals surface area contributed by atoms with Gasteiger partial charge in [0.1, 0.15) is 35.8 Å². The normalized spacial score (nSPS) is 12.7. The lowest BCUT2D eigenvalue weighted by Crippen LogP contribution is -2.45. The summed E-state index contributed by atoms with van der Waals surface area (Å²) in [6.07, 6.45) is -1.77. The minimum absolute atomic E-state index is 0.0250. The number of carbonyl (C=O) groups excluding carboxylic acids is 3. The van der Waals surface area contributed by atoms with Crippen molar-refractivity contribution in [2.24, 2.45) is 5.73 Å². The highest BCUT2D eigenvalue weighted by molar-refractivity contribution is 6.06. The van der Waals surface area contributed by atoms with Crippen molar-refractivity contribution in [1.82, 2.24) is 10.5 Å². The predicted octanol–water partition coefficient (Wildman–Crippen LogP) is 2.73. The Kier molecular flexibility index (Phi) is 7.62. The number of alkyl carbamates (subject to hydrolysis) is 1. The number of nitrogens with zero attached hydrogens (tertiary/aromatic N) is 1. The molecule has 0 bridgehead atoms. The van der Waals surface area contributed by atoms with Gasteiger partial charge in [-0.3, -0.25) is 0 Å². The molecule has 2 amide bonds. The number of aromatic nitrogens is 1. The smallest absolute Gasteiger partial charge is 0.408 e. The summed E-state index contributed by atoms with van der Waals surface area (Å²) in [5, 5.41) is 6.61. The molecule has 0 saturated heterocycles. The number of ether oxygens (including phenoxy) is 4. The number of fused-ring (bicyclic) bond motifs is 1. The number of nitrogen functional groups attached to an aromatic ring is 1. The molecule has 5 N–H and O–H groups in total. The average molecular weight is 466 g/mol. The summed E-state index contributed by atoms with van der Waals surface area (Å²) in [5.74, 6) is -0.642. The first-order valence-corrected chi connectivity index (χ1v) is 10.1. The maximum atomic E-state index is 12.5. The fourth-order valence-corrected chi connectivity index (χ4v) is 2.61. The Morgan fingerprint density at radius 3 is 2.27 bits per heavy atom. The molecule has 0 saturated carbocycles. The zero-order valence-corrected chi connectivity index (χ0v) is 19.5. The van der Waals surface area contributed by atoms with Gasteiger partial charge < -0.3 is 40.3 Å². The number of nitrogens with one attached hydrogen (secondary N) is 1. The van der Waals surface area contributed by atoms with Gasteiger partial charge in [0.05, 0.1) is 11.3 Å². The molecule has 12 heteroatoms. The topological polar surface area (TPSA) is 178 Å². The molecule has 1 heterocycles. The maximum absolute atomic E-state index is 12.5. The molecular formula is C21H30N4O8. The van der Waals surface area contributed by atoms with Crippen molar-refractivity contribution in [2.75, 3.05) is 18.9 Å². The summed E-state index contributed by atoms with van der Waals surface area (Å²) < 4.78 is 26.2. The van der Waals surface area contributed by atoms with Crippen molar-refractivity contribution >= 4 is 34.8 Å². The zero-order valence-electron chi connectivity index (χ0n) is 19.5. The molecule has 1 aromatic carbocycles. The lowest BCUT2D eigenvalue weighted by Gasteiger charge is -2.23. The van der Waals surface area contributed by atoms with Gasteiger partial charge in [0.25, 0.3) is 5.88 Å². The summed E-state index contributed by atoms with van der Waals surface area (Å²) in [7, 11) is 0. The largest absolute Gasteiger partial charge is 0.473 e. The van der Waals surface area contributed by atoms with Crippen molar-refractivity contribution in [2.45, 2.75) is 58.8 Å². The van der Waals surface area contributed by atoms with E-state index in [0.717, 1.165) is 0 Å². The van der Waals surface area contributed by atoms with Gasteiger partial charge in [0.2, 0.25) is 0 Å². The molecule has 1 unspecified atom stereocenters. The Morgan fingerprint density at radius 1 is 1.06 bits per heavy atom. The average Bonchev–Trinajstić information content (AvgIpc) is 3.05. The van der Waals surface area contributed by atoms with Crippen molar-refractivity contribution in [3.8, 4) is 5.88 Å². The zero-order chi connectivity index (χ0) is 25.0. The van der Waals surface area contributed by atoms with Crippen molar-refractivity contribution in [3.05, 3.63) is 17.7 Å². The van der Waals surface area contributed by atoms with Crippen LogP contribution in [0.3, 0.4) is 0 Å². The van der Waals surface area contributed by atoms with E-state index in [4.69, 9.17) is 34.9 Å². The number of benzene rings is 1. The number of nitrogens with two attached hydrogens (primary N) is 2. The molecule has 0 aliphatic carbocycles. The second-order valence-electron chi connectivity index (χ2n) is 9.17. The molecule has 182 valence electrons. The van der Waals surface area contributed by atoms with Gasteiger partial charge >= 0.3 is 18.2 Å². The molecule has 1 atom stereocenters. The number of hydrogen-bond acceptors (Lipinski definition) is 10. The summed E-state index contributed by atoms with van der Waals surface area (Å²) >= 11 is 0. The third kappa shape index (κ3) is 7.74. The van der Waals surface area contributed by atoms with Gasteiger partial charge in [-0.15, -0.1) is 0 Å². The van der Waals surface area contributed by atoms with Crippen LogP contribution in [-0.4, -0.2) is 53.8 Å². The van der Waals surface area contributed by atoms with Gasteiger partial charge in [0, 0.05) is 0 Å². The van der Waals surface area contributed by atoms with Crippen molar-refractivity contribution < 1.29 is 37.9 Å². The van der Waals surface area contributed by atoms with E-state index in [-0.39, 0.29) is 41.3 Å². The van der Waals surface area contributed by atoms with Crippen LogP contribution in [0.15, 0.2) is 16.7 Å². The van der Waals surface area contributed by atoms with E-state index in [1.807, 2.05) is 0 Å². The highest BCUT2D eigenvalue weighted by Crippen LogP contribution is 2.33. The number of hydrogen-bond donors (Lipinski definition) is 3. The van der Waals surface area contributed by atoms with Crippen molar-refractivity contribution in [3.63, 3.8) is 0 Å². The number of esters is 1.